The summed E-state index contributed by atoms with van der Waals surface area (Å²) < 4.78 is 26.5. The van der Waals surface area contributed by atoms with Crippen molar-refractivity contribution in [3.8, 4) is 0 Å². The summed E-state index contributed by atoms with van der Waals surface area (Å²) in [5.41, 5.74) is 1.89. The van der Waals surface area contributed by atoms with Crippen molar-refractivity contribution in [1.82, 2.24) is 14.5 Å². The Morgan fingerprint density at radius 2 is 1.68 bits per heavy atom. The van der Waals surface area contributed by atoms with Crippen LogP contribution in [0.4, 0.5) is 0 Å². The van der Waals surface area contributed by atoms with Gasteiger partial charge in [0.1, 0.15) is 17.5 Å². The molecular weight excluding hydrogens is 454 g/mol. The van der Waals surface area contributed by atoms with E-state index in [9.17, 15) is 22.8 Å². The lowest BCUT2D eigenvalue weighted by molar-refractivity contribution is -0.141. The zero-order valence-electron chi connectivity index (χ0n) is 19.9. The SMILES string of the molecule is CC[C@H](C)NC(=O)[C@H](CC)N(Cc1ccc(C)cc1)C(=O)CN1C(=O)c2ccccc2S1(=O)=O. The second-order valence-electron chi connectivity index (χ2n) is 8.56. The van der Waals surface area contributed by atoms with Crippen molar-refractivity contribution in [3.05, 3.63) is 65.2 Å². The second-order valence-corrected chi connectivity index (χ2v) is 10.4. The molecule has 0 radical (unpaired) electrons. The first-order valence-electron chi connectivity index (χ1n) is 11.4. The molecule has 0 fully saturated rings. The second kappa shape index (κ2) is 10.4. The van der Waals surface area contributed by atoms with Crippen LogP contribution in [0, 0.1) is 6.92 Å². The number of carbonyl (C=O) groups excluding carboxylic acids is 3. The van der Waals surface area contributed by atoms with Gasteiger partial charge in [-0.1, -0.05) is 55.8 Å². The quantitative estimate of drug-likeness (QED) is 0.588. The third-order valence-corrected chi connectivity index (χ3v) is 7.84. The summed E-state index contributed by atoms with van der Waals surface area (Å²) >= 11 is 0. The first kappa shape index (κ1) is 25.4. The molecule has 2 aromatic rings. The summed E-state index contributed by atoms with van der Waals surface area (Å²) in [4.78, 5) is 40.6. The van der Waals surface area contributed by atoms with Gasteiger partial charge in [-0.05, 0) is 44.4 Å². The molecule has 0 bridgehead atoms. The van der Waals surface area contributed by atoms with E-state index < -0.39 is 34.4 Å². The monoisotopic (exact) mass is 485 g/mol. The highest BCUT2D eigenvalue weighted by atomic mass is 32.2. The van der Waals surface area contributed by atoms with Crippen LogP contribution in [0.1, 0.15) is 55.1 Å². The average Bonchev–Trinajstić information content (AvgIpc) is 3.00. The topological polar surface area (TPSA) is 104 Å². The number of amides is 3. The summed E-state index contributed by atoms with van der Waals surface area (Å²) in [6.45, 7) is 7.01. The normalized spacial score (nSPS) is 16.0. The van der Waals surface area contributed by atoms with Crippen LogP contribution in [0.5, 0.6) is 0 Å². The maximum absolute atomic E-state index is 13.5. The third kappa shape index (κ3) is 5.14. The van der Waals surface area contributed by atoms with Gasteiger partial charge >= 0.3 is 0 Å². The Morgan fingerprint density at radius 3 is 2.26 bits per heavy atom. The molecule has 3 amide bonds. The van der Waals surface area contributed by atoms with E-state index in [1.807, 2.05) is 45.0 Å². The molecule has 182 valence electrons. The molecule has 1 aliphatic rings. The van der Waals surface area contributed by atoms with Gasteiger partial charge in [-0.2, -0.15) is 0 Å². The summed E-state index contributed by atoms with van der Waals surface area (Å²) in [6, 6.07) is 12.5. The number of hydrogen-bond acceptors (Lipinski definition) is 5. The zero-order valence-corrected chi connectivity index (χ0v) is 20.8. The van der Waals surface area contributed by atoms with E-state index in [-0.39, 0.29) is 29.0 Å². The average molecular weight is 486 g/mol. The van der Waals surface area contributed by atoms with Crippen LogP contribution < -0.4 is 5.32 Å². The number of nitrogens with one attached hydrogen (secondary N) is 1. The standard InChI is InChI=1S/C25H31N3O5S/c1-5-18(4)26-24(30)21(6-2)27(15-19-13-11-17(3)12-14-19)23(29)16-28-25(31)20-9-7-8-10-22(20)34(28,32)33/h7-14,18,21H,5-6,15-16H2,1-4H3,(H,26,30)/t18-,21-/m0/s1. The number of aryl methyl sites for hydroxylation is 1. The molecule has 0 saturated carbocycles. The van der Waals surface area contributed by atoms with Gasteiger partial charge in [-0.3, -0.25) is 14.4 Å². The van der Waals surface area contributed by atoms with Crippen molar-refractivity contribution < 1.29 is 22.8 Å². The molecule has 3 rings (SSSR count). The molecule has 0 aromatic heterocycles. The smallest absolute Gasteiger partial charge is 0.269 e. The fourth-order valence-corrected chi connectivity index (χ4v) is 5.37. The van der Waals surface area contributed by atoms with E-state index in [2.05, 4.69) is 5.32 Å². The minimum Gasteiger partial charge on any atom is -0.352 e. The van der Waals surface area contributed by atoms with Crippen LogP contribution in [0.15, 0.2) is 53.4 Å². The summed E-state index contributed by atoms with van der Waals surface area (Å²) in [5.74, 6) is -1.66. The number of hydrogen-bond donors (Lipinski definition) is 1. The van der Waals surface area contributed by atoms with E-state index in [1.165, 1.54) is 23.1 Å². The fraction of sp³-hybridized carbons (Fsp3) is 0.400. The molecule has 9 heteroatoms. The van der Waals surface area contributed by atoms with E-state index in [0.717, 1.165) is 17.5 Å². The maximum atomic E-state index is 13.5. The van der Waals surface area contributed by atoms with Crippen molar-refractivity contribution >= 4 is 27.7 Å². The molecule has 8 nitrogen and oxygen atoms in total. The van der Waals surface area contributed by atoms with Crippen molar-refractivity contribution in [1.29, 1.82) is 0 Å². The van der Waals surface area contributed by atoms with Crippen LogP contribution >= 0.6 is 0 Å². The van der Waals surface area contributed by atoms with E-state index in [4.69, 9.17) is 0 Å². The van der Waals surface area contributed by atoms with Gasteiger partial charge in [-0.25, -0.2) is 12.7 Å². The Labute approximate surface area is 201 Å². The molecular formula is C25H31N3O5S. The fourth-order valence-electron chi connectivity index (χ4n) is 3.85. The van der Waals surface area contributed by atoms with Gasteiger partial charge in [0.25, 0.3) is 15.9 Å². The highest BCUT2D eigenvalue weighted by Gasteiger charge is 2.43. The largest absolute Gasteiger partial charge is 0.352 e. The van der Waals surface area contributed by atoms with E-state index in [0.29, 0.717) is 10.7 Å². The van der Waals surface area contributed by atoms with Gasteiger partial charge < -0.3 is 10.2 Å². The van der Waals surface area contributed by atoms with Crippen LogP contribution in [0.25, 0.3) is 0 Å². The number of carbonyl (C=O) groups is 3. The van der Waals surface area contributed by atoms with Gasteiger partial charge in [0, 0.05) is 12.6 Å². The highest BCUT2D eigenvalue weighted by molar-refractivity contribution is 7.90. The lowest BCUT2D eigenvalue weighted by Crippen LogP contribution is -2.53. The van der Waals surface area contributed by atoms with Gasteiger partial charge in [0.05, 0.1) is 5.56 Å². The lowest BCUT2D eigenvalue weighted by Gasteiger charge is -2.32. The molecule has 2 atom stereocenters. The number of nitrogens with zero attached hydrogens (tertiary/aromatic N) is 2. The molecule has 1 heterocycles. The van der Waals surface area contributed by atoms with Gasteiger partial charge in [0.2, 0.25) is 11.8 Å². The predicted molar refractivity (Wildman–Crippen MR) is 128 cm³/mol. The Hall–Kier alpha value is -3.20. The zero-order chi connectivity index (χ0) is 25.0. The Kier molecular flexibility index (Phi) is 7.76. The Balaban J connectivity index is 1.92. The third-order valence-electron chi connectivity index (χ3n) is 6.05. The van der Waals surface area contributed by atoms with Gasteiger partial charge in [-0.15, -0.1) is 0 Å². The maximum Gasteiger partial charge on any atom is 0.269 e. The number of fused-ring (bicyclic) bond motifs is 1. The van der Waals surface area contributed by atoms with E-state index >= 15 is 0 Å². The van der Waals surface area contributed by atoms with Gasteiger partial charge in [0.15, 0.2) is 0 Å². The molecule has 1 N–H and O–H groups in total. The highest BCUT2D eigenvalue weighted by Crippen LogP contribution is 2.30. The van der Waals surface area contributed by atoms with Crippen LogP contribution in [-0.2, 0) is 26.2 Å². The molecule has 2 aromatic carbocycles. The molecule has 34 heavy (non-hydrogen) atoms. The van der Waals surface area contributed by atoms with Crippen molar-refractivity contribution in [3.63, 3.8) is 0 Å². The minimum absolute atomic E-state index is 0.0435. The molecule has 0 unspecified atom stereocenters. The van der Waals surface area contributed by atoms with Crippen LogP contribution in [0.2, 0.25) is 0 Å². The number of sulfonamides is 1. The van der Waals surface area contributed by atoms with E-state index in [1.54, 1.807) is 13.0 Å². The first-order valence-corrected chi connectivity index (χ1v) is 12.9. The van der Waals surface area contributed by atoms with Crippen molar-refractivity contribution in [2.75, 3.05) is 6.54 Å². The first-order chi connectivity index (χ1) is 16.1. The van der Waals surface area contributed by atoms with Crippen LogP contribution in [0.3, 0.4) is 0 Å². The van der Waals surface area contributed by atoms with Crippen molar-refractivity contribution in [2.24, 2.45) is 0 Å². The summed E-state index contributed by atoms with van der Waals surface area (Å²) in [6.07, 6.45) is 1.06. The minimum atomic E-state index is -4.14. The predicted octanol–water partition coefficient (Wildman–Crippen LogP) is 2.86. The molecule has 0 aliphatic carbocycles. The Morgan fingerprint density at radius 1 is 1.03 bits per heavy atom. The number of rotatable bonds is 9. The summed E-state index contributed by atoms with van der Waals surface area (Å²) in [5, 5.41) is 2.91. The lowest BCUT2D eigenvalue weighted by atomic mass is 10.1. The molecule has 0 spiro atoms. The molecule has 0 saturated heterocycles. The van der Waals surface area contributed by atoms with Crippen LogP contribution in [-0.4, -0.2) is 54.0 Å². The Bertz CT molecular complexity index is 1180. The molecule has 1 aliphatic heterocycles. The summed E-state index contributed by atoms with van der Waals surface area (Å²) in [7, 11) is -4.14. The van der Waals surface area contributed by atoms with Crippen molar-refractivity contribution in [2.45, 2.75) is 64.1 Å². The number of benzene rings is 2.